The predicted octanol–water partition coefficient (Wildman–Crippen LogP) is 1.31. The minimum atomic E-state index is -0.293. The second kappa shape index (κ2) is 4.90. The van der Waals surface area contributed by atoms with E-state index in [4.69, 9.17) is 4.74 Å². The lowest BCUT2D eigenvalue weighted by atomic mass is 9.91. The molecule has 1 N–H and O–H groups in total. The summed E-state index contributed by atoms with van der Waals surface area (Å²) in [6.45, 7) is 2.39. The summed E-state index contributed by atoms with van der Waals surface area (Å²) >= 11 is 0. The van der Waals surface area contributed by atoms with Gasteiger partial charge in [-0.15, -0.1) is 0 Å². The molecule has 19 heavy (non-hydrogen) atoms. The first-order chi connectivity index (χ1) is 9.19. The molecule has 1 aromatic rings. The van der Waals surface area contributed by atoms with Gasteiger partial charge in [-0.05, 0) is 43.7 Å². The van der Waals surface area contributed by atoms with Crippen molar-refractivity contribution >= 4 is 11.6 Å². The number of hydrogen-bond donors (Lipinski definition) is 1. The van der Waals surface area contributed by atoms with E-state index < -0.39 is 0 Å². The number of ether oxygens (including phenoxy) is 1. The zero-order valence-electron chi connectivity index (χ0n) is 10.7. The van der Waals surface area contributed by atoms with Crippen LogP contribution in [-0.4, -0.2) is 37.7 Å². The van der Waals surface area contributed by atoms with Gasteiger partial charge in [0.2, 0.25) is 0 Å². The number of rotatable bonds is 1. The molecule has 0 radical (unpaired) electrons. The number of carbonyl (C=O) groups excluding carboxylic acids is 1. The van der Waals surface area contributed by atoms with Gasteiger partial charge < -0.3 is 15.0 Å². The Morgan fingerprint density at radius 1 is 1.32 bits per heavy atom. The summed E-state index contributed by atoms with van der Waals surface area (Å²) in [7, 11) is 0. The first-order valence-electron chi connectivity index (χ1n) is 6.59. The van der Waals surface area contributed by atoms with Gasteiger partial charge in [0, 0.05) is 12.2 Å². The highest BCUT2D eigenvalue weighted by Gasteiger charge is 2.41. The van der Waals surface area contributed by atoms with E-state index in [-0.39, 0.29) is 23.9 Å². The maximum absolute atomic E-state index is 13.0. The van der Waals surface area contributed by atoms with E-state index in [1.165, 1.54) is 12.1 Å². The highest BCUT2D eigenvalue weighted by molar-refractivity contribution is 5.95. The van der Waals surface area contributed by atoms with Crippen molar-refractivity contribution in [3.63, 3.8) is 0 Å². The Labute approximate surface area is 111 Å². The number of nitrogens with zero attached hydrogens (tertiary/aromatic N) is 1. The number of benzene rings is 1. The zero-order valence-corrected chi connectivity index (χ0v) is 10.7. The predicted molar refractivity (Wildman–Crippen MR) is 69.5 cm³/mol. The molecule has 2 aliphatic heterocycles. The molecule has 0 aliphatic carbocycles. The number of nitrogens with one attached hydrogen (secondary N) is 1. The van der Waals surface area contributed by atoms with Crippen LogP contribution in [0.25, 0.3) is 0 Å². The molecule has 2 heterocycles. The monoisotopic (exact) mass is 264 g/mol. The Hall–Kier alpha value is -1.46. The van der Waals surface area contributed by atoms with Crippen LogP contribution in [0.1, 0.15) is 12.8 Å². The quantitative estimate of drug-likeness (QED) is 0.831. The molecule has 5 heteroatoms. The van der Waals surface area contributed by atoms with E-state index in [1.54, 1.807) is 17.0 Å². The summed E-state index contributed by atoms with van der Waals surface area (Å²) in [6.07, 6.45) is 2.00. The Morgan fingerprint density at radius 2 is 2.11 bits per heavy atom. The van der Waals surface area contributed by atoms with Gasteiger partial charge in [-0.1, -0.05) is 0 Å². The Kier molecular flexibility index (Phi) is 3.24. The van der Waals surface area contributed by atoms with Crippen molar-refractivity contribution in [1.82, 2.24) is 5.32 Å². The number of hydrogen-bond acceptors (Lipinski definition) is 3. The molecule has 3 rings (SSSR count). The third kappa shape index (κ3) is 2.48. The lowest BCUT2D eigenvalue weighted by Crippen LogP contribution is -2.60. The van der Waals surface area contributed by atoms with E-state index in [9.17, 15) is 9.18 Å². The SMILES string of the molecule is O=C1COC2(CCCNC2)CN1c1ccc(F)cc1. The average molecular weight is 264 g/mol. The smallest absolute Gasteiger partial charge is 0.253 e. The van der Waals surface area contributed by atoms with E-state index in [1.807, 2.05) is 0 Å². The second-order valence-electron chi connectivity index (χ2n) is 5.21. The number of morpholine rings is 1. The summed E-state index contributed by atoms with van der Waals surface area (Å²) in [5.74, 6) is -0.360. The number of halogens is 1. The van der Waals surface area contributed by atoms with Crippen molar-refractivity contribution in [2.45, 2.75) is 18.4 Å². The lowest BCUT2D eigenvalue weighted by Gasteiger charge is -2.44. The minimum absolute atomic E-state index is 0.0668. The fourth-order valence-corrected chi connectivity index (χ4v) is 2.77. The van der Waals surface area contributed by atoms with Crippen molar-refractivity contribution < 1.29 is 13.9 Å². The third-order valence-electron chi connectivity index (χ3n) is 3.82. The molecule has 0 saturated carbocycles. The van der Waals surface area contributed by atoms with E-state index in [0.29, 0.717) is 6.54 Å². The van der Waals surface area contributed by atoms with Crippen molar-refractivity contribution in [2.75, 3.05) is 31.1 Å². The molecule has 0 bridgehead atoms. The molecular weight excluding hydrogens is 247 g/mol. The summed E-state index contributed by atoms with van der Waals surface area (Å²) < 4.78 is 18.7. The number of anilines is 1. The first kappa shape index (κ1) is 12.6. The van der Waals surface area contributed by atoms with Crippen LogP contribution in [0.3, 0.4) is 0 Å². The highest BCUT2D eigenvalue weighted by Crippen LogP contribution is 2.29. The van der Waals surface area contributed by atoms with Crippen LogP contribution in [-0.2, 0) is 9.53 Å². The van der Waals surface area contributed by atoms with Gasteiger partial charge in [0.15, 0.2) is 0 Å². The molecule has 2 aliphatic rings. The van der Waals surface area contributed by atoms with Gasteiger partial charge in [0.1, 0.15) is 12.4 Å². The van der Waals surface area contributed by atoms with E-state index in [0.717, 1.165) is 31.6 Å². The largest absolute Gasteiger partial charge is 0.362 e. The number of piperidine rings is 1. The maximum Gasteiger partial charge on any atom is 0.253 e. The molecule has 4 nitrogen and oxygen atoms in total. The number of carbonyl (C=O) groups is 1. The molecule has 1 amide bonds. The van der Waals surface area contributed by atoms with Gasteiger partial charge in [-0.25, -0.2) is 4.39 Å². The van der Waals surface area contributed by atoms with Gasteiger partial charge >= 0.3 is 0 Å². The van der Waals surface area contributed by atoms with Gasteiger partial charge in [-0.3, -0.25) is 4.79 Å². The van der Waals surface area contributed by atoms with Gasteiger partial charge in [0.25, 0.3) is 5.91 Å². The molecule has 0 aromatic heterocycles. The fraction of sp³-hybridized carbons (Fsp3) is 0.500. The van der Waals surface area contributed by atoms with Gasteiger partial charge in [-0.2, -0.15) is 0 Å². The maximum atomic E-state index is 13.0. The van der Waals surface area contributed by atoms with Crippen molar-refractivity contribution in [3.05, 3.63) is 30.1 Å². The van der Waals surface area contributed by atoms with Crippen LogP contribution in [0, 0.1) is 5.82 Å². The first-order valence-corrected chi connectivity index (χ1v) is 6.59. The molecule has 102 valence electrons. The van der Waals surface area contributed by atoms with Crippen LogP contribution in [0.15, 0.2) is 24.3 Å². The molecule has 2 fully saturated rings. The van der Waals surface area contributed by atoms with Crippen molar-refractivity contribution in [2.24, 2.45) is 0 Å². The molecular formula is C14H17FN2O2. The van der Waals surface area contributed by atoms with Crippen molar-refractivity contribution in [3.8, 4) is 0 Å². The van der Waals surface area contributed by atoms with Crippen LogP contribution in [0.4, 0.5) is 10.1 Å². The summed E-state index contributed by atoms with van der Waals surface area (Å²) in [5, 5.41) is 3.32. The Balaban J connectivity index is 1.83. The van der Waals surface area contributed by atoms with Crippen LogP contribution >= 0.6 is 0 Å². The Bertz CT molecular complexity index is 469. The number of amides is 1. The normalized spacial score (nSPS) is 27.8. The average Bonchev–Trinajstić information content (AvgIpc) is 2.44. The summed E-state index contributed by atoms with van der Waals surface area (Å²) in [4.78, 5) is 13.7. The van der Waals surface area contributed by atoms with Crippen LogP contribution < -0.4 is 10.2 Å². The topological polar surface area (TPSA) is 41.6 Å². The fourth-order valence-electron chi connectivity index (χ4n) is 2.77. The molecule has 1 aromatic carbocycles. The van der Waals surface area contributed by atoms with E-state index >= 15 is 0 Å². The van der Waals surface area contributed by atoms with E-state index in [2.05, 4.69) is 5.32 Å². The molecule has 2 saturated heterocycles. The zero-order chi connectivity index (χ0) is 13.3. The van der Waals surface area contributed by atoms with Gasteiger partial charge in [0.05, 0.1) is 12.1 Å². The summed E-state index contributed by atoms with van der Waals surface area (Å²) in [6, 6.07) is 6.04. The molecule has 1 unspecified atom stereocenters. The molecule has 1 atom stereocenters. The lowest BCUT2D eigenvalue weighted by molar-refractivity contribution is -0.140. The van der Waals surface area contributed by atoms with Crippen LogP contribution in [0.5, 0.6) is 0 Å². The third-order valence-corrected chi connectivity index (χ3v) is 3.82. The summed E-state index contributed by atoms with van der Waals surface area (Å²) in [5.41, 5.74) is 0.445. The molecule has 1 spiro atoms. The van der Waals surface area contributed by atoms with Crippen molar-refractivity contribution in [1.29, 1.82) is 0 Å². The second-order valence-corrected chi connectivity index (χ2v) is 5.21. The minimum Gasteiger partial charge on any atom is -0.362 e. The van der Waals surface area contributed by atoms with Crippen LogP contribution in [0.2, 0.25) is 0 Å². The Morgan fingerprint density at radius 3 is 2.79 bits per heavy atom. The standard InChI is InChI=1S/C14H17FN2O2/c15-11-2-4-12(5-3-11)17-10-14(19-8-13(17)18)6-1-7-16-9-14/h2-5,16H,1,6-10H2. The highest BCUT2D eigenvalue weighted by atomic mass is 19.1.